The zero-order valence-corrected chi connectivity index (χ0v) is 14.2. The van der Waals surface area contributed by atoms with Crippen LogP contribution in [0.25, 0.3) is 0 Å². The molecule has 0 saturated carbocycles. The van der Waals surface area contributed by atoms with Gasteiger partial charge in [0.25, 0.3) is 0 Å². The molecule has 0 aromatic carbocycles. The fraction of sp³-hybridized carbons (Fsp3) is 1.00. The minimum Gasteiger partial charge on any atom is -0.316 e. The van der Waals surface area contributed by atoms with Gasteiger partial charge in [-0.3, -0.25) is 0 Å². The van der Waals surface area contributed by atoms with Crippen LogP contribution in [0.15, 0.2) is 0 Å². The van der Waals surface area contributed by atoms with Gasteiger partial charge in [-0.15, -0.1) is 0 Å². The van der Waals surface area contributed by atoms with E-state index in [-0.39, 0.29) is 0 Å². The third kappa shape index (κ3) is 7.65. The van der Waals surface area contributed by atoms with Crippen LogP contribution in [0.3, 0.4) is 0 Å². The van der Waals surface area contributed by atoms with Crippen molar-refractivity contribution in [1.29, 1.82) is 0 Å². The lowest BCUT2D eigenvalue weighted by Gasteiger charge is -2.36. The highest BCUT2D eigenvalue weighted by atomic mass is 32.2. The summed E-state index contributed by atoms with van der Waals surface area (Å²) in [4.78, 5) is 2.54. The molecule has 3 heteroatoms. The van der Waals surface area contributed by atoms with Crippen LogP contribution in [0, 0.1) is 5.41 Å². The lowest BCUT2D eigenvalue weighted by Crippen LogP contribution is -2.44. The van der Waals surface area contributed by atoms with Crippen molar-refractivity contribution in [3.63, 3.8) is 0 Å². The first-order valence-corrected chi connectivity index (χ1v) is 8.78. The van der Waals surface area contributed by atoms with Crippen LogP contribution >= 0.6 is 11.8 Å². The first-order valence-electron chi connectivity index (χ1n) is 7.39. The van der Waals surface area contributed by atoms with Crippen LogP contribution in [-0.2, 0) is 0 Å². The third-order valence-electron chi connectivity index (χ3n) is 3.78. The summed E-state index contributed by atoms with van der Waals surface area (Å²) in [5, 5.41) is 3.53. The maximum absolute atomic E-state index is 3.53. The maximum atomic E-state index is 3.53. The molecule has 2 unspecified atom stereocenters. The molecule has 0 spiro atoms. The van der Waals surface area contributed by atoms with E-state index in [1.54, 1.807) is 0 Å². The summed E-state index contributed by atoms with van der Waals surface area (Å²) in [6.07, 6.45) is 6.06. The molecule has 1 N–H and O–H groups in total. The molecule has 2 nitrogen and oxygen atoms in total. The Labute approximate surface area is 119 Å². The quantitative estimate of drug-likeness (QED) is 0.621. The van der Waals surface area contributed by atoms with E-state index in [1.165, 1.54) is 31.6 Å². The highest BCUT2D eigenvalue weighted by Gasteiger charge is 2.26. The molecule has 0 rings (SSSR count). The zero-order chi connectivity index (χ0) is 14.0. The topological polar surface area (TPSA) is 15.3 Å². The van der Waals surface area contributed by atoms with E-state index in [0.717, 1.165) is 13.1 Å². The summed E-state index contributed by atoms with van der Waals surface area (Å²) >= 11 is 1.95. The Morgan fingerprint density at radius 2 is 2.00 bits per heavy atom. The number of nitrogens with one attached hydrogen (secondary N) is 1. The lowest BCUT2D eigenvalue weighted by molar-refractivity contribution is 0.141. The van der Waals surface area contributed by atoms with Gasteiger partial charge in [-0.25, -0.2) is 0 Å². The van der Waals surface area contributed by atoms with Gasteiger partial charge < -0.3 is 10.2 Å². The summed E-state index contributed by atoms with van der Waals surface area (Å²) in [6.45, 7) is 12.7. The normalized spacial score (nSPS) is 16.8. The summed E-state index contributed by atoms with van der Waals surface area (Å²) in [7, 11) is 2.28. The molecule has 0 aromatic rings. The van der Waals surface area contributed by atoms with Crippen LogP contribution in [0.4, 0.5) is 0 Å². The Bertz CT molecular complexity index is 199. The Hall–Kier alpha value is 0.270. The minimum absolute atomic E-state index is 0.410. The Morgan fingerprint density at radius 1 is 1.33 bits per heavy atom. The highest BCUT2D eigenvalue weighted by Crippen LogP contribution is 2.24. The van der Waals surface area contributed by atoms with Gasteiger partial charge in [0.15, 0.2) is 0 Å². The van der Waals surface area contributed by atoms with Crippen LogP contribution in [-0.4, -0.2) is 49.6 Å². The summed E-state index contributed by atoms with van der Waals surface area (Å²) in [5.41, 5.74) is 0.410. The highest BCUT2D eigenvalue weighted by molar-refractivity contribution is 7.98. The third-order valence-corrected chi connectivity index (χ3v) is 4.42. The van der Waals surface area contributed by atoms with E-state index >= 15 is 0 Å². The molecule has 18 heavy (non-hydrogen) atoms. The van der Waals surface area contributed by atoms with Gasteiger partial charge in [0.2, 0.25) is 0 Å². The van der Waals surface area contributed by atoms with Crippen LogP contribution in [0.2, 0.25) is 0 Å². The summed E-state index contributed by atoms with van der Waals surface area (Å²) in [6, 6.07) is 0.690. The average Bonchev–Trinajstić information content (AvgIpc) is 2.33. The summed E-state index contributed by atoms with van der Waals surface area (Å²) in [5.74, 6) is 1.27. The average molecular weight is 275 g/mol. The predicted molar refractivity (Wildman–Crippen MR) is 86.6 cm³/mol. The van der Waals surface area contributed by atoms with E-state index < -0.39 is 0 Å². The van der Waals surface area contributed by atoms with Crippen molar-refractivity contribution in [2.45, 2.75) is 53.0 Å². The molecule has 0 radical (unpaired) electrons. The van der Waals surface area contributed by atoms with Crippen molar-refractivity contribution >= 4 is 11.8 Å². The van der Waals surface area contributed by atoms with Gasteiger partial charge in [-0.05, 0) is 50.8 Å². The number of nitrogens with zero attached hydrogens (tertiary/aromatic N) is 1. The number of hydrogen-bond acceptors (Lipinski definition) is 3. The fourth-order valence-corrected chi connectivity index (χ4v) is 3.10. The van der Waals surface area contributed by atoms with E-state index in [1.807, 2.05) is 11.8 Å². The first-order chi connectivity index (χ1) is 8.49. The van der Waals surface area contributed by atoms with Crippen LogP contribution in [0.1, 0.15) is 47.0 Å². The van der Waals surface area contributed by atoms with Crippen LogP contribution < -0.4 is 5.32 Å². The van der Waals surface area contributed by atoms with E-state index in [0.29, 0.717) is 11.5 Å². The SMILES string of the molecule is CCCC(C)(CNCC)CN(C)C(C)CCSC. The molecule has 110 valence electrons. The standard InChI is InChI=1S/C15H34N2S/c1-7-10-15(4,12-16-8-2)13-17(5)14(3)9-11-18-6/h14,16H,7-13H2,1-6H3. The smallest absolute Gasteiger partial charge is 0.00719 e. The van der Waals surface area contributed by atoms with Crippen molar-refractivity contribution in [3.8, 4) is 0 Å². The maximum Gasteiger partial charge on any atom is 0.00719 e. The Balaban J connectivity index is 4.28. The molecule has 0 amide bonds. The van der Waals surface area contributed by atoms with Crippen molar-refractivity contribution in [1.82, 2.24) is 10.2 Å². The first kappa shape index (κ1) is 18.3. The monoisotopic (exact) mass is 274 g/mol. The van der Waals surface area contributed by atoms with Gasteiger partial charge in [0, 0.05) is 19.1 Å². The van der Waals surface area contributed by atoms with Crippen LogP contribution in [0.5, 0.6) is 0 Å². The number of hydrogen-bond donors (Lipinski definition) is 1. The van der Waals surface area contributed by atoms with E-state index in [4.69, 9.17) is 0 Å². The van der Waals surface area contributed by atoms with Gasteiger partial charge in [0.1, 0.15) is 0 Å². The summed E-state index contributed by atoms with van der Waals surface area (Å²) < 4.78 is 0. The molecule has 0 heterocycles. The molecule has 0 saturated heterocycles. The van der Waals surface area contributed by atoms with Crippen molar-refractivity contribution in [2.75, 3.05) is 38.7 Å². The molecule has 2 atom stereocenters. The second-order valence-corrected chi connectivity index (χ2v) is 6.87. The van der Waals surface area contributed by atoms with E-state index in [2.05, 4.69) is 51.2 Å². The second-order valence-electron chi connectivity index (χ2n) is 5.89. The molecule has 0 fully saturated rings. The van der Waals surface area contributed by atoms with Crippen molar-refractivity contribution in [2.24, 2.45) is 5.41 Å². The molecule has 0 bridgehead atoms. The minimum atomic E-state index is 0.410. The Morgan fingerprint density at radius 3 is 2.50 bits per heavy atom. The molecule has 0 aliphatic rings. The largest absolute Gasteiger partial charge is 0.316 e. The van der Waals surface area contributed by atoms with E-state index in [9.17, 15) is 0 Å². The van der Waals surface area contributed by atoms with Gasteiger partial charge in [0.05, 0.1) is 0 Å². The molecular weight excluding hydrogens is 240 g/mol. The lowest BCUT2D eigenvalue weighted by atomic mass is 9.84. The molecular formula is C15H34N2S. The van der Waals surface area contributed by atoms with Gasteiger partial charge in [-0.2, -0.15) is 11.8 Å². The predicted octanol–water partition coefficient (Wildman–Crippen LogP) is 3.48. The second kappa shape index (κ2) is 10.1. The van der Waals surface area contributed by atoms with Crippen molar-refractivity contribution < 1.29 is 0 Å². The molecule has 0 aliphatic heterocycles. The van der Waals surface area contributed by atoms with Gasteiger partial charge in [-0.1, -0.05) is 27.2 Å². The zero-order valence-electron chi connectivity index (χ0n) is 13.4. The number of rotatable bonds is 11. The van der Waals surface area contributed by atoms with Gasteiger partial charge >= 0.3 is 0 Å². The molecule has 0 aromatic heterocycles. The van der Waals surface area contributed by atoms with Crippen molar-refractivity contribution in [3.05, 3.63) is 0 Å². The Kier molecular flexibility index (Phi) is 10.3. The number of thioether (sulfide) groups is 1. The molecule has 0 aliphatic carbocycles. The fourth-order valence-electron chi connectivity index (χ4n) is 2.52.